The average Bonchev–Trinajstić information content (AvgIpc) is 2.89. The Labute approximate surface area is 147 Å². The van der Waals surface area contributed by atoms with Crippen LogP contribution in [0.3, 0.4) is 0 Å². The quantitative estimate of drug-likeness (QED) is 0.668. The lowest BCUT2D eigenvalue weighted by atomic mass is 10.2. The lowest BCUT2D eigenvalue weighted by molar-refractivity contribution is 0.218. The Bertz CT molecular complexity index is 937. The molecule has 8 heteroatoms. The van der Waals surface area contributed by atoms with Crippen molar-refractivity contribution in [3.8, 4) is 5.75 Å². The molecule has 0 spiro atoms. The van der Waals surface area contributed by atoms with Crippen molar-refractivity contribution in [2.75, 3.05) is 19.4 Å². The fraction of sp³-hybridized carbons (Fsp3) is 0.312. The molecule has 6 nitrogen and oxygen atoms in total. The molecule has 0 bridgehead atoms. The van der Waals surface area contributed by atoms with Gasteiger partial charge < -0.3 is 4.74 Å². The molecule has 1 aliphatic heterocycles. The Balaban J connectivity index is 1.61. The number of nitrogens with zero attached hydrogens (tertiary/aromatic N) is 4. The molecule has 2 aromatic heterocycles. The maximum absolute atomic E-state index is 12.3. The van der Waals surface area contributed by atoms with Crippen LogP contribution in [0.4, 0.5) is 0 Å². The minimum absolute atomic E-state index is 0.127. The summed E-state index contributed by atoms with van der Waals surface area (Å²) < 4.78 is 8.01. The second-order valence-electron chi connectivity index (χ2n) is 5.52. The van der Waals surface area contributed by atoms with E-state index in [1.807, 2.05) is 24.5 Å². The average molecular weight is 360 g/mol. The molecule has 1 aliphatic rings. The minimum Gasteiger partial charge on any atom is -0.492 e. The van der Waals surface area contributed by atoms with Crippen molar-refractivity contribution >= 4 is 28.1 Å². The monoisotopic (exact) mass is 360 g/mol. The normalized spacial score (nSPS) is 15.0. The third-order valence-corrected chi connectivity index (χ3v) is 5.76. The van der Waals surface area contributed by atoms with E-state index in [-0.39, 0.29) is 5.56 Å². The number of rotatable bonds is 3. The highest BCUT2D eigenvalue weighted by Gasteiger charge is 2.17. The van der Waals surface area contributed by atoms with E-state index in [0.29, 0.717) is 18.1 Å². The molecule has 0 aliphatic carbocycles. The number of ether oxygens (including phenoxy) is 1. The molecule has 0 saturated heterocycles. The van der Waals surface area contributed by atoms with Gasteiger partial charge in [0, 0.05) is 31.3 Å². The fourth-order valence-electron chi connectivity index (χ4n) is 2.75. The van der Waals surface area contributed by atoms with Crippen LogP contribution in [-0.2, 0) is 13.1 Å². The molecule has 3 aromatic rings. The molecule has 0 N–H and O–H groups in total. The van der Waals surface area contributed by atoms with Gasteiger partial charge in [0.25, 0.3) is 5.56 Å². The van der Waals surface area contributed by atoms with Crippen molar-refractivity contribution in [2.45, 2.75) is 17.4 Å². The molecular weight excluding hydrogens is 344 g/mol. The summed E-state index contributed by atoms with van der Waals surface area (Å²) in [6.07, 6.45) is 1.94. The van der Waals surface area contributed by atoms with Crippen LogP contribution < -0.4 is 10.3 Å². The highest BCUT2D eigenvalue weighted by atomic mass is 32.2. The smallest absolute Gasteiger partial charge is 0.275 e. The maximum Gasteiger partial charge on any atom is 0.275 e. The summed E-state index contributed by atoms with van der Waals surface area (Å²) >= 11 is 2.96. The predicted octanol–water partition coefficient (Wildman–Crippen LogP) is 2.27. The standard InChI is InChI=1S/C16H16N4O2S2/c1-23-16-18-20-14(21)8-12(17-15(20)24-16)10-19-6-7-22-13-5-3-2-4-11(13)9-19/h2-5,8H,6-7,9-10H2,1H3. The molecule has 24 heavy (non-hydrogen) atoms. The van der Waals surface area contributed by atoms with Gasteiger partial charge in [0.05, 0.1) is 5.69 Å². The number of fused-ring (bicyclic) bond motifs is 2. The molecule has 0 atom stereocenters. The maximum atomic E-state index is 12.3. The zero-order valence-corrected chi connectivity index (χ0v) is 14.8. The van der Waals surface area contributed by atoms with E-state index >= 15 is 0 Å². The van der Waals surface area contributed by atoms with Gasteiger partial charge >= 0.3 is 0 Å². The number of hydrogen-bond donors (Lipinski definition) is 0. The third-order valence-electron chi connectivity index (χ3n) is 3.87. The summed E-state index contributed by atoms with van der Waals surface area (Å²) in [5.41, 5.74) is 1.81. The van der Waals surface area contributed by atoms with Crippen molar-refractivity contribution in [3.63, 3.8) is 0 Å². The first kappa shape index (κ1) is 15.6. The van der Waals surface area contributed by atoms with Crippen LogP contribution in [0.25, 0.3) is 4.96 Å². The van der Waals surface area contributed by atoms with E-state index in [2.05, 4.69) is 21.0 Å². The Morgan fingerprint density at radius 1 is 1.38 bits per heavy atom. The summed E-state index contributed by atoms with van der Waals surface area (Å²) in [5.74, 6) is 0.940. The van der Waals surface area contributed by atoms with E-state index in [1.165, 1.54) is 27.6 Å². The van der Waals surface area contributed by atoms with Crippen LogP contribution in [0.15, 0.2) is 39.5 Å². The van der Waals surface area contributed by atoms with Gasteiger partial charge in [-0.2, -0.15) is 4.52 Å². The fourth-order valence-corrected chi connectivity index (χ4v) is 4.13. The van der Waals surface area contributed by atoms with Crippen LogP contribution in [0.5, 0.6) is 5.75 Å². The van der Waals surface area contributed by atoms with Crippen LogP contribution in [0, 0.1) is 0 Å². The van der Waals surface area contributed by atoms with Crippen LogP contribution in [0.2, 0.25) is 0 Å². The van der Waals surface area contributed by atoms with Gasteiger partial charge in [-0.1, -0.05) is 41.3 Å². The molecule has 0 amide bonds. The molecule has 0 saturated carbocycles. The highest BCUT2D eigenvalue weighted by molar-refractivity contribution is 8.00. The van der Waals surface area contributed by atoms with Crippen LogP contribution >= 0.6 is 23.1 Å². The van der Waals surface area contributed by atoms with Crippen molar-refractivity contribution in [1.82, 2.24) is 19.5 Å². The van der Waals surface area contributed by atoms with Gasteiger partial charge in [0.15, 0.2) is 4.34 Å². The number of benzene rings is 1. The SMILES string of the molecule is CSc1nn2c(=O)cc(CN3CCOc4ccccc4C3)nc2s1. The number of thioether (sulfide) groups is 1. The zero-order valence-electron chi connectivity index (χ0n) is 13.1. The molecule has 0 radical (unpaired) electrons. The summed E-state index contributed by atoms with van der Waals surface area (Å²) in [5, 5.41) is 4.25. The minimum atomic E-state index is -0.127. The van der Waals surface area contributed by atoms with E-state index < -0.39 is 0 Å². The van der Waals surface area contributed by atoms with Gasteiger partial charge in [-0.05, 0) is 12.3 Å². The molecule has 3 heterocycles. The zero-order chi connectivity index (χ0) is 16.5. The molecule has 0 fully saturated rings. The molecule has 4 rings (SSSR count). The third kappa shape index (κ3) is 3.04. The number of para-hydroxylation sites is 1. The van der Waals surface area contributed by atoms with Gasteiger partial charge in [0.1, 0.15) is 12.4 Å². The highest BCUT2D eigenvalue weighted by Crippen LogP contribution is 2.24. The Hall–Kier alpha value is -1.90. The topological polar surface area (TPSA) is 59.7 Å². The van der Waals surface area contributed by atoms with Crippen LogP contribution in [-0.4, -0.2) is 38.9 Å². The van der Waals surface area contributed by atoms with Gasteiger partial charge in [-0.25, -0.2) is 4.98 Å². The van der Waals surface area contributed by atoms with E-state index in [0.717, 1.165) is 34.4 Å². The van der Waals surface area contributed by atoms with Crippen molar-refractivity contribution < 1.29 is 4.74 Å². The second kappa shape index (κ2) is 6.54. The lowest BCUT2D eigenvalue weighted by Gasteiger charge is -2.18. The first-order chi connectivity index (χ1) is 11.7. The first-order valence-electron chi connectivity index (χ1n) is 7.60. The molecule has 0 unspecified atom stereocenters. The van der Waals surface area contributed by atoms with Crippen molar-refractivity contribution in [2.24, 2.45) is 0 Å². The Kier molecular flexibility index (Phi) is 4.26. The van der Waals surface area contributed by atoms with Crippen molar-refractivity contribution in [3.05, 3.63) is 51.9 Å². The van der Waals surface area contributed by atoms with E-state index in [4.69, 9.17) is 4.74 Å². The summed E-state index contributed by atoms with van der Waals surface area (Å²) in [6, 6.07) is 9.65. The lowest BCUT2D eigenvalue weighted by Crippen LogP contribution is -2.27. The molecule has 1 aromatic carbocycles. The van der Waals surface area contributed by atoms with Crippen molar-refractivity contribution in [1.29, 1.82) is 0 Å². The number of hydrogen-bond acceptors (Lipinski definition) is 7. The second-order valence-corrected chi connectivity index (χ2v) is 7.53. The van der Waals surface area contributed by atoms with Gasteiger partial charge in [-0.3, -0.25) is 9.69 Å². The summed E-state index contributed by atoms with van der Waals surface area (Å²) in [7, 11) is 0. The van der Waals surface area contributed by atoms with Crippen LogP contribution in [0.1, 0.15) is 11.3 Å². The van der Waals surface area contributed by atoms with E-state index in [9.17, 15) is 4.79 Å². The largest absolute Gasteiger partial charge is 0.492 e. The summed E-state index contributed by atoms with van der Waals surface area (Å²) in [6.45, 7) is 2.84. The predicted molar refractivity (Wildman–Crippen MR) is 95.0 cm³/mol. The number of aromatic nitrogens is 3. The first-order valence-corrected chi connectivity index (χ1v) is 9.64. The summed E-state index contributed by atoms with van der Waals surface area (Å²) in [4.78, 5) is 19.8. The Morgan fingerprint density at radius 2 is 2.25 bits per heavy atom. The van der Waals surface area contributed by atoms with E-state index in [1.54, 1.807) is 6.07 Å². The molecular formula is C16H16N4O2S2. The molecule has 124 valence electrons. The van der Waals surface area contributed by atoms with Gasteiger partial charge in [0.2, 0.25) is 4.96 Å². The van der Waals surface area contributed by atoms with Gasteiger partial charge in [-0.15, -0.1) is 5.10 Å². The Morgan fingerprint density at radius 3 is 3.12 bits per heavy atom.